The number of amides is 1. The average molecular weight is 410 g/mol. The van der Waals surface area contributed by atoms with Crippen molar-refractivity contribution in [1.29, 1.82) is 0 Å². The molecular formula is C24H31N3O3. The Labute approximate surface area is 177 Å². The number of nitrogens with zero attached hydrogens (tertiary/aromatic N) is 1. The molecule has 1 aromatic carbocycles. The van der Waals surface area contributed by atoms with Gasteiger partial charge in [0.25, 0.3) is 0 Å². The fraction of sp³-hybridized carbons (Fsp3) is 0.583. The molecule has 0 unspecified atom stereocenters. The van der Waals surface area contributed by atoms with Crippen molar-refractivity contribution >= 4 is 28.3 Å². The average Bonchev–Trinajstić information content (AvgIpc) is 2.70. The summed E-state index contributed by atoms with van der Waals surface area (Å²) in [5, 5.41) is 25.9. The molecule has 4 aliphatic rings. The van der Waals surface area contributed by atoms with Crippen LogP contribution in [-0.2, 0) is 4.79 Å². The zero-order chi connectivity index (χ0) is 20.7. The first-order valence-electron chi connectivity index (χ1n) is 11.2. The van der Waals surface area contributed by atoms with Crippen LogP contribution in [-0.4, -0.2) is 40.4 Å². The Morgan fingerprint density at radius 3 is 2.33 bits per heavy atom. The molecule has 6 rings (SSSR count). The van der Waals surface area contributed by atoms with Crippen LogP contribution in [0.5, 0.6) is 0 Å². The Bertz CT molecular complexity index is 905. The van der Waals surface area contributed by atoms with Crippen LogP contribution in [0.15, 0.2) is 30.3 Å². The Morgan fingerprint density at radius 2 is 1.70 bits per heavy atom. The lowest BCUT2D eigenvalue weighted by Crippen LogP contribution is -2.47. The summed E-state index contributed by atoms with van der Waals surface area (Å²) in [7, 11) is 0. The summed E-state index contributed by atoms with van der Waals surface area (Å²) in [5.41, 5.74) is 1.69. The third-order valence-corrected chi connectivity index (χ3v) is 7.48. The van der Waals surface area contributed by atoms with Crippen LogP contribution in [0, 0.1) is 23.2 Å². The number of para-hydroxylation sites is 1. The predicted molar refractivity (Wildman–Crippen MR) is 117 cm³/mol. The van der Waals surface area contributed by atoms with Gasteiger partial charge in [0.1, 0.15) is 5.82 Å². The maximum Gasteiger partial charge on any atom is 0.224 e. The smallest absolute Gasteiger partial charge is 0.224 e. The van der Waals surface area contributed by atoms with E-state index < -0.39 is 6.04 Å². The van der Waals surface area contributed by atoms with Gasteiger partial charge in [-0.1, -0.05) is 18.2 Å². The lowest BCUT2D eigenvalue weighted by atomic mass is 9.49. The van der Waals surface area contributed by atoms with Crippen LogP contribution in [0.3, 0.4) is 0 Å². The minimum atomic E-state index is -0.491. The van der Waals surface area contributed by atoms with Gasteiger partial charge in [0.2, 0.25) is 5.91 Å². The number of nitrogens with one attached hydrogen (secondary N) is 2. The van der Waals surface area contributed by atoms with Crippen molar-refractivity contribution in [2.75, 3.05) is 23.8 Å². The molecule has 30 heavy (non-hydrogen) atoms. The molecule has 0 saturated heterocycles. The molecular weight excluding hydrogens is 378 g/mol. The largest absolute Gasteiger partial charge is 0.394 e. The Kier molecular flexibility index (Phi) is 5.15. The molecule has 0 spiro atoms. The van der Waals surface area contributed by atoms with Crippen molar-refractivity contribution in [1.82, 2.24) is 4.98 Å². The van der Waals surface area contributed by atoms with E-state index in [0.29, 0.717) is 12.2 Å². The third kappa shape index (κ3) is 3.79. The van der Waals surface area contributed by atoms with Gasteiger partial charge in [-0.25, -0.2) is 4.98 Å². The molecule has 6 heteroatoms. The second-order valence-electron chi connectivity index (χ2n) is 9.92. The van der Waals surface area contributed by atoms with Gasteiger partial charge < -0.3 is 20.8 Å². The second-order valence-corrected chi connectivity index (χ2v) is 9.92. The third-order valence-electron chi connectivity index (χ3n) is 7.48. The monoisotopic (exact) mass is 409 g/mol. The van der Waals surface area contributed by atoms with Crippen LogP contribution in [0.2, 0.25) is 0 Å². The lowest BCUT2D eigenvalue weighted by Gasteiger charge is -2.56. The number of aliphatic hydroxyl groups excluding tert-OH is 2. The quantitative estimate of drug-likeness (QED) is 0.561. The molecule has 4 fully saturated rings. The molecule has 1 amide bonds. The number of aromatic nitrogens is 1. The first-order chi connectivity index (χ1) is 14.6. The maximum atomic E-state index is 13.2. The summed E-state index contributed by atoms with van der Waals surface area (Å²) >= 11 is 0. The van der Waals surface area contributed by atoms with Crippen molar-refractivity contribution in [3.05, 3.63) is 30.3 Å². The standard InChI is InChI=1S/C24H31N3O3/c28-13-18(14-29)25-22-8-21(19-3-1-2-4-20(19)26-22)27-23(30)12-24-9-15-5-16(10-24)7-17(6-15)11-24/h1-4,8,15-18,28-29H,5-7,9-14H2,(H2,25,26,27,30). The second kappa shape index (κ2) is 7.82. The van der Waals surface area contributed by atoms with Crippen LogP contribution < -0.4 is 10.6 Å². The van der Waals surface area contributed by atoms with Crippen molar-refractivity contribution in [2.24, 2.45) is 23.2 Å². The van der Waals surface area contributed by atoms with Crippen LogP contribution in [0.25, 0.3) is 10.9 Å². The summed E-state index contributed by atoms with van der Waals surface area (Å²) in [5.74, 6) is 3.11. The summed E-state index contributed by atoms with van der Waals surface area (Å²) in [6.07, 6.45) is 8.37. The van der Waals surface area contributed by atoms with E-state index in [1.807, 2.05) is 24.3 Å². The zero-order valence-electron chi connectivity index (χ0n) is 17.3. The Hall–Kier alpha value is -2.18. The molecule has 6 nitrogen and oxygen atoms in total. The summed E-state index contributed by atoms with van der Waals surface area (Å²) in [4.78, 5) is 17.7. The van der Waals surface area contributed by atoms with Gasteiger partial charge in [-0.2, -0.15) is 0 Å². The van der Waals surface area contributed by atoms with E-state index in [0.717, 1.165) is 34.3 Å². The van der Waals surface area contributed by atoms with Crippen LogP contribution in [0.4, 0.5) is 11.5 Å². The molecule has 4 aliphatic carbocycles. The van der Waals surface area contributed by atoms with E-state index >= 15 is 0 Å². The molecule has 4 bridgehead atoms. The van der Waals surface area contributed by atoms with Gasteiger partial charge >= 0.3 is 0 Å². The fourth-order valence-electron chi connectivity index (χ4n) is 6.75. The fourth-order valence-corrected chi connectivity index (χ4v) is 6.75. The topological polar surface area (TPSA) is 94.5 Å². The van der Waals surface area contributed by atoms with Crippen LogP contribution in [0.1, 0.15) is 44.9 Å². The number of benzene rings is 1. The van der Waals surface area contributed by atoms with E-state index in [4.69, 9.17) is 0 Å². The maximum absolute atomic E-state index is 13.2. The highest BCUT2D eigenvalue weighted by molar-refractivity contribution is 6.02. The molecule has 0 aliphatic heterocycles. The molecule has 1 heterocycles. The number of aliphatic hydroxyl groups is 2. The van der Waals surface area contributed by atoms with Crippen LogP contribution >= 0.6 is 0 Å². The normalized spacial score (nSPS) is 29.5. The minimum Gasteiger partial charge on any atom is -0.394 e. The van der Waals surface area contributed by atoms with Gasteiger partial charge in [-0.15, -0.1) is 0 Å². The van der Waals surface area contributed by atoms with Gasteiger partial charge in [0.15, 0.2) is 0 Å². The van der Waals surface area contributed by atoms with E-state index in [1.54, 1.807) is 6.07 Å². The van der Waals surface area contributed by atoms with E-state index in [2.05, 4.69) is 15.6 Å². The SMILES string of the molecule is O=C(CC12CC3CC(CC(C3)C1)C2)Nc1cc(NC(CO)CO)nc2ccccc12. The number of hydrogen-bond donors (Lipinski definition) is 4. The van der Waals surface area contributed by atoms with E-state index in [9.17, 15) is 15.0 Å². The molecule has 2 aromatic rings. The van der Waals surface area contributed by atoms with Crippen molar-refractivity contribution in [3.63, 3.8) is 0 Å². The zero-order valence-corrected chi connectivity index (χ0v) is 17.3. The molecule has 160 valence electrons. The number of carbonyl (C=O) groups excluding carboxylic acids is 1. The molecule has 4 N–H and O–H groups in total. The lowest BCUT2D eigenvalue weighted by molar-refractivity contribution is -0.124. The summed E-state index contributed by atoms with van der Waals surface area (Å²) < 4.78 is 0. The van der Waals surface area contributed by atoms with Crippen molar-refractivity contribution < 1.29 is 15.0 Å². The van der Waals surface area contributed by atoms with E-state index in [-0.39, 0.29) is 24.5 Å². The highest BCUT2D eigenvalue weighted by Crippen LogP contribution is 2.61. The van der Waals surface area contributed by atoms with E-state index in [1.165, 1.54) is 38.5 Å². The highest BCUT2D eigenvalue weighted by Gasteiger charge is 2.51. The first-order valence-corrected chi connectivity index (χ1v) is 11.2. The number of rotatable bonds is 7. The van der Waals surface area contributed by atoms with Gasteiger partial charge in [0, 0.05) is 17.9 Å². The minimum absolute atomic E-state index is 0.0834. The molecule has 4 saturated carbocycles. The molecule has 0 atom stereocenters. The summed E-state index contributed by atoms with van der Waals surface area (Å²) in [6, 6.07) is 9.03. The van der Waals surface area contributed by atoms with Crippen molar-refractivity contribution in [2.45, 2.75) is 51.0 Å². The van der Waals surface area contributed by atoms with Gasteiger partial charge in [-0.3, -0.25) is 4.79 Å². The summed E-state index contributed by atoms with van der Waals surface area (Å²) in [6.45, 7) is -0.391. The predicted octanol–water partition coefficient (Wildman–Crippen LogP) is 3.54. The number of carbonyl (C=O) groups is 1. The first kappa shape index (κ1) is 19.8. The van der Waals surface area contributed by atoms with Crippen molar-refractivity contribution in [3.8, 4) is 0 Å². The highest BCUT2D eigenvalue weighted by atomic mass is 16.3. The molecule has 1 aromatic heterocycles. The van der Waals surface area contributed by atoms with Gasteiger partial charge in [-0.05, 0) is 67.8 Å². The number of fused-ring (bicyclic) bond motifs is 1. The number of anilines is 2. The molecule has 0 radical (unpaired) electrons. The Morgan fingerprint density at radius 1 is 1.07 bits per heavy atom. The Balaban J connectivity index is 1.37. The number of hydrogen-bond acceptors (Lipinski definition) is 5. The number of pyridine rings is 1. The van der Waals surface area contributed by atoms with Gasteiger partial charge in [0.05, 0.1) is 30.5 Å².